The minimum Gasteiger partial charge on any atom is -0.356 e. The van der Waals surface area contributed by atoms with Crippen molar-refractivity contribution in [1.29, 1.82) is 5.26 Å². The molecule has 4 unspecified atom stereocenters. The molecule has 0 aromatic carbocycles. The molecule has 0 amide bonds. The highest BCUT2D eigenvalue weighted by molar-refractivity contribution is 7.13. The molecule has 1 aromatic rings. The van der Waals surface area contributed by atoms with Crippen LogP contribution in [-0.2, 0) is 0 Å². The maximum atomic E-state index is 9.14. The van der Waals surface area contributed by atoms with E-state index in [2.05, 4.69) is 43.0 Å². The molecule has 2 saturated heterocycles. The second kappa shape index (κ2) is 4.98. The first-order chi connectivity index (χ1) is 9.51. The van der Waals surface area contributed by atoms with Crippen LogP contribution >= 0.6 is 9.39 Å². The molecule has 20 heavy (non-hydrogen) atoms. The van der Waals surface area contributed by atoms with E-state index in [0.717, 1.165) is 54.1 Å². The molecular formula is C15H21N4P. The molecule has 4 nitrogen and oxygen atoms in total. The van der Waals surface area contributed by atoms with Crippen molar-refractivity contribution in [2.45, 2.75) is 26.8 Å². The maximum Gasteiger partial charge on any atom is 0.129 e. The Morgan fingerprint density at radius 2 is 2.10 bits per heavy atom. The first kappa shape index (κ1) is 13.8. The van der Waals surface area contributed by atoms with Crippen molar-refractivity contribution in [2.75, 3.05) is 24.5 Å². The van der Waals surface area contributed by atoms with Gasteiger partial charge in [-0.15, -0.1) is 0 Å². The van der Waals surface area contributed by atoms with E-state index in [0.29, 0.717) is 6.04 Å². The van der Waals surface area contributed by atoms with Crippen molar-refractivity contribution in [3.05, 3.63) is 22.9 Å². The predicted octanol–water partition coefficient (Wildman–Crippen LogP) is 2.12. The molecule has 0 spiro atoms. The van der Waals surface area contributed by atoms with Crippen LogP contribution in [0.4, 0.5) is 5.82 Å². The summed E-state index contributed by atoms with van der Waals surface area (Å²) >= 11 is 0. The summed E-state index contributed by atoms with van der Waals surface area (Å²) in [6.07, 6.45) is 0. The van der Waals surface area contributed by atoms with Crippen LogP contribution in [0.25, 0.3) is 0 Å². The third kappa shape index (κ3) is 2.10. The lowest BCUT2D eigenvalue weighted by Gasteiger charge is -2.24. The van der Waals surface area contributed by atoms with E-state index in [4.69, 9.17) is 5.26 Å². The molecule has 0 aliphatic carbocycles. The highest BCUT2D eigenvalue weighted by atomic mass is 31.0. The van der Waals surface area contributed by atoms with Crippen LogP contribution in [0.5, 0.6) is 0 Å². The zero-order valence-electron chi connectivity index (χ0n) is 12.3. The van der Waals surface area contributed by atoms with Gasteiger partial charge in [0.2, 0.25) is 0 Å². The van der Waals surface area contributed by atoms with Gasteiger partial charge in [-0.05, 0) is 44.2 Å². The molecule has 3 rings (SSSR count). The third-order valence-corrected chi connectivity index (χ3v) is 5.58. The summed E-state index contributed by atoms with van der Waals surface area (Å²) in [6.45, 7) is 9.55. The van der Waals surface area contributed by atoms with Gasteiger partial charge in [0.1, 0.15) is 11.9 Å². The normalized spacial score (nSPS) is 29.6. The van der Waals surface area contributed by atoms with Crippen molar-refractivity contribution < 1.29 is 0 Å². The summed E-state index contributed by atoms with van der Waals surface area (Å²) in [4.78, 5) is 7.04. The lowest BCUT2D eigenvalue weighted by atomic mass is 9.95. The van der Waals surface area contributed by atoms with Crippen LogP contribution in [-0.4, -0.2) is 35.3 Å². The van der Waals surface area contributed by atoms with Crippen molar-refractivity contribution in [3.8, 4) is 6.07 Å². The Morgan fingerprint density at radius 3 is 2.70 bits per heavy atom. The van der Waals surface area contributed by atoms with Crippen molar-refractivity contribution in [3.63, 3.8) is 0 Å². The SMILES string of the molecule is Cc1cc(N2CC3CN(P)C(C)C3C2)nc(C)c1C#N. The molecule has 0 radical (unpaired) electrons. The van der Waals surface area contributed by atoms with Crippen LogP contribution in [0.3, 0.4) is 0 Å². The molecule has 2 aliphatic heterocycles. The Bertz CT molecular complexity index is 557. The first-order valence-corrected chi connectivity index (χ1v) is 7.67. The first-order valence-electron chi connectivity index (χ1n) is 7.16. The molecule has 1 aromatic heterocycles. The molecule has 3 heterocycles. The number of hydrogen-bond donors (Lipinski definition) is 0. The predicted molar refractivity (Wildman–Crippen MR) is 83.5 cm³/mol. The molecule has 4 atom stereocenters. The second-order valence-corrected chi connectivity index (χ2v) is 6.80. The van der Waals surface area contributed by atoms with Crippen LogP contribution in [0, 0.1) is 37.0 Å². The fourth-order valence-electron chi connectivity index (χ4n) is 3.65. The smallest absolute Gasteiger partial charge is 0.129 e. The zero-order chi connectivity index (χ0) is 14.4. The van der Waals surface area contributed by atoms with E-state index in [-0.39, 0.29) is 0 Å². The lowest BCUT2D eigenvalue weighted by Crippen LogP contribution is -2.29. The number of fused-ring (bicyclic) bond motifs is 1. The number of pyridine rings is 1. The topological polar surface area (TPSA) is 43.2 Å². The zero-order valence-corrected chi connectivity index (χ0v) is 13.5. The maximum absolute atomic E-state index is 9.14. The number of aryl methyl sites for hydroxylation is 2. The monoisotopic (exact) mass is 288 g/mol. The summed E-state index contributed by atoms with van der Waals surface area (Å²) in [5, 5.41) is 9.14. The second-order valence-electron chi connectivity index (χ2n) is 6.14. The molecule has 5 heteroatoms. The van der Waals surface area contributed by atoms with Gasteiger partial charge >= 0.3 is 0 Å². The summed E-state index contributed by atoms with van der Waals surface area (Å²) in [6, 6.07) is 4.93. The quantitative estimate of drug-likeness (QED) is 0.742. The van der Waals surface area contributed by atoms with Crippen molar-refractivity contribution >= 4 is 15.2 Å². The van der Waals surface area contributed by atoms with Crippen LogP contribution in [0.2, 0.25) is 0 Å². The number of nitrogens with zero attached hydrogens (tertiary/aromatic N) is 4. The number of rotatable bonds is 1. The van der Waals surface area contributed by atoms with Crippen LogP contribution in [0.1, 0.15) is 23.7 Å². The number of aromatic nitrogens is 1. The Labute approximate surface area is 123 Å². The molecule has 2 aliphatic rings. The number of hydrogen-bond acceptors (Lipinski definition) is 4. The van der Waals surface area contributed by atoms with Gasteiger partial charge in [0.15, 0.2) is 0 Å². The van der Waals surface area contributed by atoms with Crippen molar-refractivity contribution in [2.24, 2.45) is 11.8 Å². The standard InChI is InChI=1S/C15H21N4P/c1-9-4-15(17-10(2)13(9)5-16)18-6-12-7-19(20)11(3)14(12)8-18/h4,11-12,14H,6-8,20H2,1-3H3. The summed E-state index contributed by atoms with van der Waals surface area (Å²) < 4.78 is 2.38. The number of nitriles is 1. The molecule has 2 fully saturated rings. The largest absolute Gasteiger partial charge is 0.356 e. The van der Waals surface area contributed by atoms with Gasteiger partial charge in [-0.2, -0.15) is 5.26 Å². The summed E-state index contributed by atoms with van der Waals surface area (Å²) in [7, 11) is 2.85. The third-order valence-electron chi connectivity index (χ3n) is 4.90. The fraction of sp³-hybridized carbons (Fsp3) is 0.600. The van der Waals surface area contributed by atoms with Gasteiger partial charge in [0, 0.05) is 25.7 Å². The minimum absolute atomic E-state index is 0.621. The Hall–Kier alpha value is -1.17. The molecule has 0 N–H and O–H groups in total. The Balaban J connectivity index is 1.85. The van der Waals surface area contributed by atoms with E-state index in [1.807, 2.05) is 13.8 Å². The van der Waals surface area contributed by atoms with Gasteiger partial charge in [0.25, 0.3) is 0 Å². The average Bonchev–Trinajstić information content (AvgIpc) is 2.90. The van der Waals surface area contributed by atoms with Gasteiger partial charge in [-0.25, -0.2) is 4.98 Å². The Morgan fingerprint density at radius 1 is 1.35 bits per heavy atom. The minimum atomic E-state index is 0.621. The lowest BCUT2D eigenvalue weighted by molar-refractivity contribution is 0.397. The van der Waals surface area contributed by atoms with Gasteiger partial charge in [-0.1, -0.05) is 9.39 Å². The molecular weight excluding hydrogens is 267 g/mol. The molecule has 0 saturated carbocycles. The highest BCUT2D eigenvalue weighted by Crippen LogP contribution is 2.39. The summed E-state index contributed by atoms with van der Waals surface area (Å²) in [5.74, 6) is 2.50. The van der Waals surface area contributed by atoms with Crippen molar-refractivity contribution in [1.82, 2.24) is 9.65 Å². The van der Waals surface area contributed by atoms with E-state index in [9.17, 15) is 0 Å². The van der Waals surface area contributed by atoms with Crippen LogP contribution < -0.4 is 4.90 Å². The van der Waals surface area contributed by atoms with E-state index in [1.54, 1.807) is 0 Å². The van der Waals surface area contributed by atoms with E-state index >= 15 is 0 Å². The molecule has 106 valence electrons. The highest BCUT2D eigenvalue weighted by Gasteiger charge is 2.43. The fourth-order valence-corrected chi connectivity index (χ4v) is 4.14. The molecule has 0 bridgehead atoms. The number of anilines is 1. The van der Waals surface area contributed by atoms with Crippen LogP contribution in [0.15, 0.2) is 6.07 Å². The van der Waals surface area contributed by atoms with Gasteiger partial charge < -0.3 is 4.90 Å². The van der Waals surface area contributed by atoms with Gasteiger partial charge in [0.05, 0.1) is 11.3 Å². The average molecular weight is 288 g/mol. The Kier molecular flexibility index (Phi) is 3.44. The summed E-state index contributed by atoms with van der Waals surface area (Å²) in [5.41, 5.74) is 2.60. The van der Waals surface area contributed by atoms with E-state index < -0.39 is 0 Å². The van der Waals surface area contributed by atoms with E-state index in [1.165, 1.54) is 0 Å². The van der Waals surface area contributed by atoms with Gasteiger partial charge in [-0.3, -0.25) is 4.67 Å².